The van der Waals surface area contributed by atoms with Gasteiger partial charge in [-0.2, -0.15) is 4.58 Å². The predicted molar refractivity (Wildman–Crippen MR) is 157 cm³/mol. The van der Waals surface area contributed by atoms with Gasteiger partial charge in [-0.15, -0.1) is 0 Å². The number of fused-ring (bicyclic) bond motifs is 4. The monoisotopic (exact) mass is 483 g/mol. The largest absolute Gasteiger partial charge is 0.347 e. The lowest BCUT2D eigenvalue weighted by Gasteiger charge is -2.29. The van der Waals surface area contributed by atoms with Crippen molar-refractivity contribution < 1.29 is 4.58 Å². The maximum absolute atomic E-state index is 2.42. The Morgan fingerprint density at radius 2 is 1.51 bits per heavy atom. The number of hydrogen-bond donors (Lipinski definition) is 0. The molecule has 0 saturated heterocycles. The normalized spacial score (nSPS) is 21.3. The zero-order valence-electron chi connectivity index (χ0n) is 22.5. The molecule has 0 fully saturated rings. The molecule has 0 saturated carbocycles. The van der Waals surface area contributed by atoms with Crippen LogP contribution in [0.4, 0.5) is 11.4 Å². The first-order chi connectivity index (χ1) is 17.8. The van der Waals surface area contributed by atoms with Crippen molar-refractivity contribution in [3.63, 3.8) is 0 Å². The number of allylic oxidation sites excluding steroid dienone is 4. The van der Waals surface area contributed by atoms with E-state index in [-0.39, 0.29) is 10.8 Å². The average molecular weight is 484 g/mol. The quantitative estimate of drug-likeness (QED) is 0.267. The van der Waals surface area contributed by atoms with Crippen LogP contribution in [0.5, 0.6) is 0 Å². The van der Waals surface area contributed by atoms with E-state index in [0.29, 0.717) is 0 Å². The molecule has 184 valence electrons. The van der Waals surface area contributed by atoms with E-state index in [0.717, 1.165) is 6.42 Å². The van der Waals surface area contributed by atoms with E-state index >= 15 is 0 Å². The van der Waals surface area contributed by atoms with E-state index in [9.17, 15) is 0 Å². The van der Waals surface area contributed by atoms with Crippen molar-refractivity contribution in [1.29, 1.82) is 0 Å². The summed E-state index contributed by atoms with van der Waals surface area (Å²) in [6.07, 6.45) is 7.87. The van der Waals surface area contributed by atoms with Crippen LogP contribution in [0.3, 0.4) is 0 Å². The summed E-state index contributed by atoms with van der Waals surface area (Å²) < 4.78 is 2.34. The molecule has 0 amide bonds. The summed E-state index contributed by atoms with van der Waals surface area (Å²) in [6.45, 7) is 7.07. The molecule has 2 nitrogen and oxygen atoms in total. The molecule has 2 heteroatoms. The lowest BCUT2D eigenvalue weighted by molar-refractivity contribution is -0.401. The second kappa shape index (κ2) is 8.59. The van der Waals surface area contributed by atoms with Crippen molar-refractivity contribution in [2.75, 3.05) is 19.0 Å². The fourth-order valence-electron chi connectivity index (χ4n) is 6.76. The Kier molecular flexibility index (Phi) is 5.45. The molecule has 0 aliphatic carbocycles. The molecule has 4 aromatic carbocycles. The Bertz CT molecular complexity index is 1600. The molecule has 4 aromatic rings. The van der Waals surface area contributed by atoms with Crippen LogP contribution < -0.4 is 4.90 Å². The lowest BCUT2D eigenvalue weighted by atomic mass is 9.74. The summed E-state index contributed by atoms with van der Waals surface area (Å²) in [5, 5.41) is 2.65. The van der Waals surface area contributed by atoms with Crippen molar-refractivity contribution in [3.05, 3.63) is 132 Å². The maximum atomic E-state index is 2.42. The smallest absolute Gasteiger partial charge is 0.209 e. The molecule has 0 N–H and O–H groups in total. The summed E-state index contributed by atoms with van der Waals surface area (Å²) in [5.74, 6) is 0. The molecule has 6 rings (SSSR count). The molecular weight excluding hydrogens is 448 g/mol. The van der Waals surface area contributed by atoms with E-state index in [2.05, 4.69) is 154 Å². The van der Waals surface area contributed by atoms with Gasteiger partial charge >= 0.3 is 0 Å². The van der Waals surface area contributed by atoms with Crippen molar-refractivity contribution >= 4 is 27.9 Å². The van der Waals surface area contributed by atoms with Crippen LogP contribution in [0.2, 0.25) is 0 Å². The van der Waals surface area contributed by atoms with Crippen LogP contribution in [0.25, 0.3) is 10.8 Å². The molecule has 1 unspecified atom stereocenters. The highest BCUT2D eigenvalue weighted by Gasteiger charge is 2.44. The van der Waals surface area contributed by atoms with Crippen LogP contribution in [0.1, 0.15) is 37.5 Å². The summed E-state index contributed by atoms with van der Waals surface area (Å²) in [4.78, 5) is 2.40. The molecule has 0 aromatic heterocycles. The van der Waals surface area contributed by atoms with Crippen molar-refractivity contribution in [1.82, 2.24) is 0 Å². The third-order valence-corrected chi connectivity index (χ3v) is 8.60. The van der Waals surface area contributed by atoms with Gasteiger partial charge in [-0.25, -0.2) is 0 Å². The molecule has 0 spiro atoms. The van der Waals surface area contributed by atoms with Gasteiger partial charge in [0.05, 0.1) is 5.41 Å². The van der Waals surface area contributed by atoms with Crippen LogP contribution in [-0.4, -0.2) is 24.4 Å². The van der Waals surface area contributed by atoms with Crippen LogP contribution in [0.15, 0.2) is 115 Å². The van der Waals surface area contributed by atoms with Gasteiger partial charge in [0.1, 0.15) is 7.05 Å². The highest BCUT2D eigenvalue weighted by Crippen LogP contribution is 2.52. The minimum Gasteiger partial charge on any atom is -0.347 e. The van der Waals surface area contributed by atoms with E-state index in [1.165, 1.54) is 50.2 Å². The number of hydrogen-bond acceptors (Lipinski definition) is 1. The fraction of sp³-hybridized carbons (Fsp3) is 0.229. The third-order valence-electron chi connectivity index (χ3n) is 8.60. The Morgan fingerprint density at radius 3 is 2.30 bits per heavy atom. The second-order valence-corrected chi connectivity index (χ2v) is 11.2. The second-order valence-electron chi connectivity index (χ2n) is 11.2. The zero-order chi connectivity index (χ0) is 25.8. The molecule has 37 heavy (non-hydrogen) atoms. The van der Waals surface area contributed by atoms with E-state index in [1.54, 1.807) is 0 Å². The summed E-state index contributed by atoms with van der Waals surface area (Å²) in [6, 6.07) is 33.0. The Balaban J connectivity index is 1.47. The SMILES string of the molecule is CN1C(=CC=CC2=[N+](C)c3ccccc3C2(C)C)C(C)(Cc2ccccc2)c2c1ccc1ccccc21. The van der Waals surface area contributed by atoms with Gasteiger partial charge in [0, 0.05) is 41.6 Å². The predicted octanol–water partition coefficient (Wildman–Crippen LogP) is 7.94. The number of rotatable bonds is 4. The van der Waals surface area contributed by atoms with Crippen molar-refractivity contribution in [2.24, 2.45) is 0 Å². The van der Waals surface area contributed by atoms with Crippen molar-refractivity contribution in [2.45, 2.75) is 38.0 Å². The molecule has 0 radical (unpaired) electrons. The first kappa shape index (κ1) is 23.5. The number of benzene rings is 4. The average Bonchev–Trinajstić information content (AvgIpc) is 3.24. The molecule has 2 aliphatic heterocycles. The van der Waals surface area contributed by atoms with E-state index in [4.69, 9.17) is 0 Å². The first-order valence-electron chi connectivity index (χ1n) is 13.2. The van der Waals surface area contributed by atoms with Gasteiger partial charge in [0.25, 0.3) is 0 Å². The van der Waals surface area contributed by atoms with Gasteiger partial charge in [0.15, 0.2) is 5.71 Å². The molecule has 2 aliphatic rings. The van der Waals surface area contributed by atoms with Crippen LogP contribution >= 0.6 is 0 Å². The summed E-state index contributed by atoms with van der Waals surface area (Å²) >= 11 is 0. The molecule has 1 atom stereocenters. The number of anilines is 1. The minimum absolute atomic E-state index is 0.0333. The summed E-state index contributed by atoms with van der Waals surface area (Å²) in [7, 11) is 4.40. The lowest BCUT2D eigenvalue weighted by Crippen LogP contribution is -2.29. The number of likely N-dealkylation sites (N-methyl/N-ethyl adjacent to an activating group) is 1. The van der Waals surface area contributed by atoms with Gasteiger partial charge in [-0.3, -0.25) is 0 Å². The van der Waals surface area contributed by atoms with E-state index < -0.39 is 0 Å². The Morgan fingerprint density at radius 1 is 0.811 bits per heavy atom. The first-order valence-corrected chi connectivity index (χ1v) is 13.2. The zero-order valence-corrected chi connectivity index (χ0v) is 22.5. The molecule has 2 heterocycles. The standard InChI is InChI=1S/C35H35N2/c1-34(2)28-18-11-12-19-29(28)36(4)31(34)20-13-21-32-35(3,24-25-14-7-6-8-15-25)33-27-17-10-9-16-26(27)22-23-30(33)37(32)5/h6-23H,24H2,1-5H3/q+1. The van der Waals surface area contributed by atoms with E-state index in [1.807, 2.05) is 0 Å². The highest BCUT2D eigenvalue weighted by atomic mass is 15.2. The van der Waals surface area contributed by atoms with Gasteiger partial charge in [-0.1, -0.05) is 84.9 Å². The molecular formula is C35H35N2+. The van der Waals surface area contributed by atoms with Crippen LogP contribution in [0, 0.1) is 0 Å². The highest BCUT2D eigenvalue weighted by molar-refractivity contribution is 6.03. The minimum atomic E-state index is -0.151. The van der Waals surface area contributed by atoms with Crippen LogP contribution in [-0.2, 0) is 17.3 Å². The Labute approximate surface area is 220 Å². The summed E-state index contributed by atoms with van der Waals surface area (Å²) in [5.41, 5.74) is 9.23. The third kappa shape index (κ3) is 3.58. The molecule has 0 bridgehead atoms. The van der Waals surface area contributed by atoms with Gasteiger partial charge in [-0.05, 0) is 61.2 Å². The van der Waals surface area contributed by atoms with Gasteiger partial charge in [0.2, 0.25) is 5.69 Å². The van der Waals surface area contributed by atoms with Crippen molar-refractivity contribution in [3.8, 4) is 0 Å². The number of nitrogens with zero attached hydrogens (tertiary/aromatic N) is 2. The maximum Gasteiger partial charge on any atom is 0.209 e. The Hall–Kier alpha value is -3.91. The number of para-hydroxylation sites is 1. The van der Waals surface area contributed by atoms with Gasteiger partial charge < -0.3 is 4.90 Å². The fourth-order valence-corrected chi connectivity index (χ4v) is 6.76. The topological polar surface area (TPSA) is 6.25 Å².